The van der Waals surface area contributed by atoms with Crippen molar-refractivity contribution in [1.82, 2.24) is 5.16 Å². The lowest BCUT2D eigenvalue weighted by Crippen LogP contribution is -2.17. The van der Waals surface area contributed by atoms with Gasteiger partial charge in [-0.3, -0.25) is 0 Å². The molecule has 74 valence electrons. The summed E-state index contributed by atoms with van der Waals surface area (Å²) in [6, 6.07) is 1.54. The molecule has 0 aliphatic rings. The highest BCUT2D eigenvalue weighted by atomic mass is 16.5. The summed E-state index contributed by atoms with van der Waals surface area (Å²) in [5.74, 6) is 0. The molecule has 0 aromatic carbocycles. The molecule has 1 aromatic heterocycles. The molecule has 0 saturated heterocycles. The second-order valence-electron chi connectivity index (χ2n) is 4.07. The van der Waals surface area contributed by atoms with Gasteiger partial charge in [0.05, 0.1) is 5.69 Å². The average Bonchev–Trinajstić information content (AvgIpc) is 2.49. The Bertz CT molecular complexity index is 309. The molecule has 3 nitrogen and oxygen atoms in total. The molecule has 0 radical (unpaired) electrons. The summed E-state index contributed by atoms with van der Waals surface area (Å²) in [4.78, 5) is 10.8. The predicted octanol–water partition coefficient (Wildman–Crippen LogP) is 2.44. The Kier molecular flexibility index (Phi) is 2.96. The molecule has 0 aliphatic carbocycles. The molecule has 0 bridgehead atoms. The van der Waals surface area contributed by atoms with Gasteiger partial charge in [0.25, 0.3) is 0 Å². The number of hydrogen-bond acceptors (Lipinski definition) is 2. The second-order valence-corrected chi connectivity index (χ2v) is 4.07. The van der Waals surface area contributed by atoms with E-state index in [9.17, 15) is 4.79 Å². The molecule has 0 saturated carbocycles. The van der Waals surface area contributed by atoms with Crippen molar-refractivity contribution in [3.63, 3.8) is 0 Å². The number of hydrogen-bond donors (Lipinski definition) is 1. The Hall–Kier alpha value is -0.990. The smallest absolute Gasteiger partial charge is 0.339 e. The van der Waals surface area contributed by atoms with E-state index in [1.165, 1.54) is 18.9 Å². The summed E-state index contributed by atoms with van der Waals surface area (Å²) in [6.07, 6.45) is 3.41. The van der Waals surface area contributed by atoms with Crippen molar-refractivity contribution < 1.29 is 4.52 Å². The molecule has 13 heavy (non-hydrogen) atoms. The molecule has 1 N–H and O–H groups in total. The number of aromatic amines is 1. The van der Waals surface area contributed by atoms with Crippen molar-refractivity contribution in [2.24, 2.45) is 0 Å². The third kappa shape index (κ3) is 2.47. The van der Waals surface area contributed by atoms with Crippen LogP contribution in [0.2, 0.25) is 0 Å². The quantitative estimate of drug-likeness (QED) is 0.779. The van der Waals surface area contributed by atoms with Crippen LogP contribution in [0.4, 0.5) is 0 Å². The van der Waals surface area contributed by atoms with Crippen LogP contribution in [0.15, 0.2) is 15.4 Å². The van der Waals surface area contributed by atoms with Crippen molar-refractivity contribution >= 4 is 0 Å². The molecule has 0 atom stereocenters. The van der Waals surface area contributed by atoms with Crippen LogP contribution >= 0.6 is 0 Å². The van der Waals surface area contributed by atoms with Gasteiger partial charge in [0.2, 0.25) is 0 Å². The van der Waals surface area contributed by atoms with E-state index in [1.807, 2.05) is 0 Å². The lowest BCUT2D eigenvalue weighted by Gasteiger charge is -2.21. The van der Waals surface area contributed by atoms with Crippen LogP contribution < -0.4 is 5.63 Å². The van der Waals surface area contributed by atoms with Crippen LogP contribution in [0.25, 0.3) is 0 Å². The van der Waals surface area contributed by atoms with Gasteiger partial charge in [0.1, 0.15) is 0 Å². The van der Waals surface area contributed by atoms with Crippen LogP contribution in [0.5, 0.6) is 0 Å². The van der Waals surface area contributed by atoms with Crippen LogP contribution in [0.1, 0.15) is 45.7 Å². The zero-order valence-electron chi connectivity index (χ0n) is 8.52. The maximum atomic E-state index is 10.8. The van der Waals surface area contributed by atoms with Gasteiger partial charge < -0.3 is 4.52 Å². The number of H-pyrrole nitrogens is 1. The molecule has 0 aliphatic heterocycles. The Labute approximate surface area is 78.1 Å². The third-order valence-corrected chi connectivity index (χ3v) is 2.41. The molecular weight excluding hydrogens is 166 g/mol. The van der Waals surface area contributed by atoms with Gasteiger partial charge in [-0.1, -0.05) is 33.6 Å². The minimum atomic E-state index is -0.292. The number of rotatable bonds is 4. The lowest BCUT2D eigenvalue weighted by molar-refractivity contribution is 0.355. The van der Waals surface area contributed by atoms with E-state index in [4.69, 9.17) is 0 Å². The normalized spacial score (nSPS) is 11.9. The van der Waals surface area contributed by atoms with Gasteiger partial charge in [-0.05, 0) is 6.42 Å². The van der Waals surface area contributed by atoms with Crippen LogP contribution in [-0.4, -0.2) is 5.16 Å². The van der Waals surface area contributed by atoms with Gasteiger partial charge in [-0.2, -0.15) is 0 Å². The van der Waals surface area contributed by atoms with Gasteiger partial charge in [0, 0.05) is 11.5 Å². The minimum Gasteiger partial charge on any atom is -0.339 e. The van der Waals surface area contributed by atoms with E-state index in [0.717, 1.165) is 12.1 Å². The van der Waals surface area contributed by atoms with E-state index >= 15 is 0 Å². The number of aromatic nitrogens is 1. The van der Waals surface area contributed by atoms with E-state index in [1.54, 1.807) is 0 Å². The Morgan fingerprint density at radius 3 is 2.69 bits per heavy atom. The zero-order valence-corrected chi connectivity index (χ0v) is 8.52. The van der Waals surface area contributed by atoms with Gasteiger partial charge in [-0.15, -0.1) is 0 Å². The van der Waals surface area contributed by atoms with Crippen LogP contribution in [0.3, 0.4) is 0 Å². The zero-order chi connectivity index (χ0) is 9.90. The fourth-order valence-electron chi connectivity index (χ4n) is 1.37. The molecular formula is C10H17NO2. The molecule has 3 heteroatoms. The molecule has 0 amide bonds. The average molecular weight is 183 g/mol. The molecule has 0 spiro atoms. The first-order chi connectivity index (χ1) is 6.06. The first-order valence-corrected chi connectivity index (χ1v) is 4.75. The van der Waals surface area contributed by atoms with Crippen LogP contribution in [0, 0.1) is 0 Å². The van der Waals surface area contributed by atoms with E-state index in [2.05, 4.69) is 30.5 Å². The second kappa shape index (κ2) is 3.81. The molecule has 1 heterocycles. The molecule has 1 aromatic rings. The van der Waals surface area contributed by atoms with Crippen LogP contribution in [-0.2, 0) is 5.41 Å². The van der Waals surface area contributed by atoms with Crippen molar-refractivity contribution in [2.75, 3.05) is 0 Å². The Balaban J connectivity index is 2.74. The van der Waals surface area contributed by atoms with Crippen molar-refractivity contribution in [2.45, 2.75) is 45.4 Å². The van der Waals surface area contributed by atoms with Crippen molar-refractivity contribution in [3.8, 4) is 0 Å². The van der Waals surface area contributed by atoms with Crippen molar-refractivity contribution in [3.05, 3.63) is 22.2 Å². The standard InChI is InChI=1S/C10H17NO2/c1-4-5-6-10(2,3)8-7-9(12)13-11-8/h7,11H,4-6H2,1-3H3. The topological polar surface area (TPSA) is 46.0 Å². The monoisotopic (exact) mass is 183 g/mol. The van der Waals surface area contributed by atoms with Gasteiger partial charge >= 0.3 is 5.63 Å². The van der Waals surface area contributed by atoms with E-state index < -0.39 is 0 Å². The van der Waals surface area contributed by atoms with E-state index in [0.29, 0.717) is 0 Å². The highest BCUT2D eigenvalue weighted by molar-refractivity contribution is 5.09. The Morgan fingerprint density at radius 1 is 1.54 bits per heavy atom. The number of nitrogens with one attached hydrogen (secondary N) is 1. The summed E-state index contributed by atoms with van der Waals surface area (Å²) >= 11 is 0. The summed E-state index contributed by atoms with van der Waals surface area (Å²) in [5.41, 5.74) is 0.618. The first-order valence-electron chi connectivity index (χ1n) is 4.75. The highest BCUT2D eigenvalue weighted by Gasteiger charge is 2.22. The maximum absolute atomic E-state index is 10.8. The molecule has 0 fully saturated rings. The fourth-order valence-corrected chi connectivity index (χ4v) is 1.37. The Morgan fingerprint density at radius 2 is 2.23 bits per heavy atom. The lowest BCUT2D eigenvalue weighted by atomic mass is 9.84. The summed E-state index contributed by atoms with van der Waals surface area (Å²) in [7, 11) is 0. The van der Waals surface area contributed by atoms with E-state index in [-0.39, 0.29) is 11.0 Å². The highest BCUT2D eigenvalue weighted by Crippen LogP contribution is 2.26. The van der Waals surface area contributed by atoms with Crippen molar-refractivity contribution in [1.29, 1.82) is 0 Å². The largest absolute Gasteiger partial charge is 0.357 e. The summed E-state index contributed by atoms with van der Waals surface area (Å²) in [6.45, 7) is 6.39. The molecule has 1 rings (SSSR count). The fraction of sp³-hybridized carbons (Fsp3) is 0.700. The first kappa shape index (κ1) is 10.1. The summed E-state index contributed by atoms with van der Waals surface area (Å²) < 4.78 is 4.65. The third-order valence-electron chi connectivity index (χ3n) is 2.41. The maximum Gasteiger partial charge on any atom is 0.357 e. The van der Waals surface area contributed by atoms with Gasteiger partial charge in [-0.25, -0.2) is 9.95 Å². The number of unbranched alkanes of at least 4 members (excludes halogenated alkanes) is 1. The molecule has 0 unspecified atom stereocenters. The summed E-state index contributed by atoms with van der Waals surface area (Å²) in [5, 5.41) is 2.67. The van der Waals surface area contributed by atoms with Gasteiger partial charge in [0.15, 0.2) is 0 Å². The SMILES string of the molecule is CCCCC(C)(C)c1cc(=O)o[nH]1. The predicted molar refractivity (Wildman–Crippen MR) is 51.9 cm³/mol. The minimum absolute atomic E-state index is 0.0160.